The van der Waals surface area contributed by atoms with Crippen LogP contribution in [0.3, 0.4) is 0 Å². The zero-order chi connectivity index (χ0) is 13.8. The Morgan fingerprint density at radius 2 is 2.37 bits per heavy atom. The first-order valence-corrected chi connectivity index (χ1v) is 7.25. The molecule has 0 spiro atoms. The molecule has 0 radical (unpaired) electrons. The minimum Gasteiger partial charge on any atom is -0.465 e. The van der Waals surface area contributed by atoms with E-state index in [-0.39, 0.29) is 17.8 Å². The number of halogens is 2. The van der Waals surface area contributed by atoms with Crippen molar-refractivity contribution in [1.29, 1.82) is 0 Å². The van der Waals surface area contributed by atoms with Crippen LogP contribution in [-0.2, 0) is 16.1 Å². The summed E-state index contributed by atoms with van der Waals surface area (Å²) in [5.41, 5.74) is 0.984. The van der Waals surface area contributed by atoms with Crippen LogP contribution < -0.4 is 0 Å². The summed E-state index contributed by atoms with van der Waals surface area (Å²) in [4.78, 5) is 13.9. The Morgan fingerprint density at radius 3 is 3.05 bits per heavy atom. The van der Waals surface area contributed by atoms with E-state index in [9.17, 15) is 9.18 Å². The Labute approximate surface area is 120 Å². The van der Waals surface area contributed by atoms with E-state index in [2.05, 4.69) is 20.8 Å². The monoisotopic (exact) mass is 329 g/mol. The van der Waals surface area contributed by atoms with Crippen LogP contribution >= 0.6 is 15.9 Å². The average Bonchev–Trinajstić information content (AvgIpc) is 2.81. The van der Waals surface area contributed by atoms with Gasteiger partial charge in [0.15, 0.2) is 0 Å². The van der Waals surface area contributed by atoms with Gasteiger partial charge in [-0.3, -0.25) is 9.69 Å². The predicted molar refractivity (Wildman–Crippen MR) is 74.2 cm³/mol. The molecule has 1 fully saturated rings. The largest absolute Gasteiger partial charge is 0.465 e. The fourth-order valence-electron chi connectivity index (χ4n) is 2.39. The van der Waals surface area contributed by atoms with Crippen LogP contribution in [0.2, 0.25) is 0 Å². The molecule has 0 aliphatic carbocycles. The topological polar surface area (TPSA) is 29.5 Å². The van der Waals surface area contributed by atoms with Gasteiger partial charge in [0.25, 0.3) is 0 Å². The van der Waals surface area contributed by atoms with Gasteiger partial charge in [-0.05, 0) is 44.0 Å². The third kappa shape index (κ3) is 3.54. The van der Waals surface area contributed by atoms with Crippen LogP contribution in [0.4, 0.5) is 4.39 Å². The number of nitrogens with zero attached hydrogens (tertiary/aromatic N) is 1. The van der Waals surface area contributed by atoms with Crippen molar-refractivity contribution in [3.05, 3.63) is 34.1 Å². The highest BCUT2D eigenvalue weighted by Crippen LogP contribution is 2.25. The summed E-state index contributed by atoms with van der Waals surface area (Å²) in [6.45, 7) is 3.72. The number of likely N-dealkylation sites (tertiary alicyclic amines) is 1. The third-order valence-electron chi connectivity index (χ3n) is 3.31. The maximum Gasteiger partial charge on any atom is 0.323 e. The molecule has 1 saturated heterocycles. The molecule has 0 bridgehead atoms. The lowest BCUT2D eigenvalue weighted by Gasteiger charge is -2.23. The second-order valence-electron chi connectivity index (χ2n) is 4.62. The van der Waals surface area contributed by atoms with E-state index in [1.807, 2.05) is 6.92 Å². The van der Waals surface area contributed by atoms with Crippen molar-refractivity contribution in [2.45, 2.75) is 32.4 Å². The van der Waals surface area contributed by atoms with Crippen molar-refractivity contribution in [2.75, 3.05) is 13.2 Å². The highest BCUT2D eigenvalue weighted by atomic mass is 79.9. The highest BCUT2D eigenvalue weighted by Gasteiger charge is 2.31. The fourth-order valence-corrected chi connectivity index (χ4v) is 2.87. The molecule has 0 N–H and O–H groups in total. The van der Waals surface area contributed by atoms with Gasteiger partial charge in [-0.15, -0.1) is 0 Å². The molecule has 19 heavy (non-hydrogen) atoms. The molecule has 1 aliphatic rings. The summed E-state index contributed by atoms with van der Waals surface area (Å²) >= 11 is 3.36. The van der Waals surface area contributed by atoms with E-state index < -0.39 is 0 Å². The van der Waals surface area contributed by atoms with Crippen LogP contribution in [0.1, 0.15) is 25.3 Å². The van der Waals surface area contributed by atoms with Gasteiger partial charge in [-0.1, -0.05) is 22.0 Å². The number of ether oxygens (including phenoxy) is 1. The van der Waals surface area contributed by atoms with Crippen molar-refractivity contribution in [1.82, 2.24) is 4.90 Å². The Morgan fingerprint density at radius 1 is 1.58 bits per heavy atom. The van der Waals surface area contributed by atoms with Gasteiger partial charge in [-0.25, -0.2) is 4.39 Å². The number of hydrogen-bond acceptors (Lipinski definition) is 3. The van der Waals surface area contributed by atoms with E-state index in [4.69, 9.17) is 4.74 Å². The van der Waals surface area contributed by atoms with Crippen LogP contribution in [0, 0.1) is 5.82 Å². The van der Waals surface area contributed by atoms with E-state index >= 15 is 0 Å². The second kappa shape index (κ2) is 6.48. The van der Waals surface area contributed by atoms with E-state index in [0.717, 1.165) is 29.4 Å². The van der Waals surface area contributed by atoms with Crippen LogP contribution in [0.25, 0.3) is 0 Å². The zero-order valence-corrected chi connectivity index (χ0v) is 12.5. The molecule has 1 heterocycles. The van der Waals surface area contributed by atoms with Crippen molar-refractivity contribution in [2.24, 2.45) is 0 Å². The van der Waals surface area contributed by atoms with Gasteiger partial charge >= 0.3 is 5.97 Å². The van der Waals surface area contributed by atoms with Gasteiger partial charge < -0.3 is 4.74 Å². The van der Waals surface area contributed by atoms with Gasteiger partial charge in [-0.2, -0.15) is 0 Å². The summed E-state index contributed by atoms with van der Waals surface area (Å²) in [5.74, 6) is -0.419. The first kappa shape index (κ1) is 14.5. The maximum absolute atomic E-state index is 13.0. The molecular formula is C14H17BrFNO2. The van der Waals surface area contributed by atoms with Crippen molar-refractivity contribution >= 4 is 21.9 Å². The van der Waals surface area contributed by atoms with Crippen molar-refractivity contribution < 1.29 is 13.9 Å². The molecule has 104 valence electrons. The zero-order valence-electron chi connectivity index (χ0n) is 10.9. The Kier molecular flexibility index (Phi) is 4.93. The number of benzene rings is 1. The molecule has 0 aromatic heterocycles. The summed E-state index contributed by atoms with van der Waals surface area (Å²) in [6, 6.07) is 4.47. The number of esters is 1. The summed E-state index contributed by atoms with van der Waals surface area (Å²) in [6.07, 6.45) is 1.82. The second-order valence-corrected chi connectivity index (χ2v) is 5.47. The molecule has 5 heteroatoms. The Hall–Kier alpha value is -0.940. The minimum absolute atomic E-state index is 0.154. The third-order valence-corrected chi connectivity index (χ3v) is 4.05. The van der Waals surface area contributed by atoms with E-state index in [1.165, 1.54) is 12.1 Å². The molecule has 1 aromatic carbocycles. The quantitative estimate of drug-likeness (QED) is 0.795. The SMILES string of the molecule is CCOC(=O)C1CCCN1Cc1ccc(F)cc1Br. The molecule has 2 rings (SSSR count). The molecule has 0 saturated carbocycles. The first-order chi connectivity index (χ1) is 9.11. The molecule has 1 atom stereocenters. The molecular weight excluding hydrogens is 313 g/mol. The Balaban J connectivity index is 2.07. The highest BCUT2D eigenvalue weighted by molar-refractivity contribution is 9.10. The van der Waals surface area contributed by atoms with Gasteiger partial charge in [0.05, 0.1) is 6.61 Å². The average molecular weight is 330 g/mol. The molecule has 3 nitrogen and oxygen atoms in total. The van der Waals surface area contributed by atoms with Gasteiger partial charge in [0, 0.05) is 11.0 Å². The molecule has 0 amide bonds. The lowest BCUT2D eigenvalue weighted by atomic mass is 10.2. The lowest BCUT2D eigenvalue weighted by molar-refractivity contribution is -0.148. The molecule has 1 unspecified atom stereocenters. The number of hydrogen-bond donors (Lipinski definition) is 0. The van der Waals surface area contributed by atoms with Crippen molar-refractivity contribution in [3.8, 4) is 0 Å². The van der Waals surface area contributed by atoms with E-state index in [0.29, 0.717) is 13.2 Å². The maximum atomic E-state index is 13.0. The normalized spacial score (nSPS) is 19.6. The predicted octanol–water partition coefficient (Wildman–Crippen LogP) is 3.12. The fraction of sp³-hybridized carbons (Fsp3) is 0.500. The number of carbonyl (C=O) groups excluding carboxylic acids is 1. The van der Waals surface area contributed by atoms with Crippen LogP contribution in [0.5, 0.6) is 0 Å². The number of rotatable bonds is 4. The van der Waals surface area contributed by atoms with Crippen molar-refractivity contribution in [3.63, 3.8) is 0 Å². The molecule has 1 aromatic rings. The van der Waals surface area contributed by atoms with Gasteiger partial charge in [0.1, 0.15) is 11.9 Å². The summed E-state index contributed by atoms with van der Waals surface area (Å²) in [7, 11) is 0. The molecule has 1 aliphatic heterocycles. The summed E-state index contributed by atoms with van der Waals surface area (Å²) < 4.78 is 18.9. The first-order valence-electron chi connectivity index (χ1n) is 6.46. The summed E-state index contributed by atoms with van der Waals surface area (Å²) in [5, 5.41) is 0. The Bertz CT molecular complexity index is 467. The number of carbonyl (C=O) groups is 1. The smallest absolute Gasteiger partial charge is 0.323 e. The standard InChI is InChI=1S/C14H17BrFNO2/c1-2-19-14(18)13-4-3-7-17(13)9-10-5-6-11(16)8-12(10)15/h5-6,8,13H,2-4,7,9H2,1H3. The van der Waals surface area contributed by atoms with E-state index in [1.54, 1.807) is 6.07 Å². The van der Waals surface area contributed by atoms with Crippen LogP contribution in [0.15, 0.2) is 22.7 Å². The minimum atomic E-state index is -0.265. The van der Waals surface area contributed by atoms with Gasteiger partial charge in [0.2, 0.25) is 0 Å². The lowest BCUT2D eigenvalue weighted by Crippen LogP contribution is -2.36. The van der Waals surface area contributed by atoms with Crippen LogP contribution in [-0.4, -0.2) is 30.1 Å².